The Morgan fingerprint density at radius 2 is 1.69 bits per heavy atom. The largest absolute Gasteiger partial charge is 0.482 e. The fourth-order valence-electron chi connectivity index (χ4n) is 4.14. The number of nitrogens with zero attached hydrogens (tertiary/aromatic N) is 4. The molecular formula is C24H26N4O4. The van der Waals surface area contributed by atoms with Crippen molar-refractivity contribution in [2.75, 3.05) is 26.2 Å². The smallest absolute Gasteiger partial charge is 0.267 e. The lowest BCUT2D eigenvalue weighted by molar-refractivity contribution is -0.146. The van der Waals surface area contributed by atoms with Gasteiger partial charge in [0.15, 0.2) is 11.5 Å². The third kappa shape index (κ3) is 4.05. The van der Waals surface area contributed by atoms with Crippen LogP contribution in [-0.4, -0.2) is 64.2 Å². The van der Waals surface area contributed by atoms with E-state index in [9.17, 15) is 4.79 Å². The average Bonchev–Trinajstić information content (AvgIpc) is 3.27. The van der Waals surface area contributed by atoms with Gasteiger partial charge >= 0.3 is 0 Å². The fourth-order valence-corrected chi connectivity index (χ4v) is 4.14. The molecule has 3 aromatic rings. The van der Waals surface area contributed by atoms with Crippen LogP contribution in [0.15, 0.2) is 53.1 Å². The van der Waals surface area contributed by atoms with Crippen LogP contribution in [-0.2, 0) is 11.3 Å². The first-order valence-electron chi connectivity index (χ1n) is 10.9. The monoisotopic (exact) mass is 434 g/mol. The van der Waals surface area contributed by atoms with Gasteiger partial charge in [-0.1, -0.05) is 41.6 Å². The zero-order chi connectivity index (χ0) is 22.1. The molecule has 2 aliphatic rings. The summed E-state index contributed by atoms with van der Waals surface area (Å²) in [5.74, 6) is 2.45. The van der Waals surface area contributed by atoms with Gasteiger partial charge < -0.3 is 18.9 Å². The number of aryl methyl sites for hydroxylation is 1. The minimum absolute atomic E-state index is 0.0358. The van der Waals surface area contributed by atoms with Crippen molar-refractivity contribution >= 4 is 5.91 Å². The first-order chi connectivity index (χ1) is 15.6. The molecule has 0 saturated carbocycles. The summed E-state index contributed by atoms with van der Waals surface area (Å²) < 4.78 is 17.3. The molecule has 0 N–H and O–H groups in total. The number of hydrogen-bond acceptors (Lipinski definition) is 7. The molecule has 0 radical (unpaired) electrons. The van der Waals surface area contributed by atoms with E-state index in [1.165, 1.54) is 0 Å². The van der Waals surface area contributed by atoms with Gasteiger partial charge in [0, 0.05) is 31.7 Å². The molecule has 1 saturated heterocycles. The second kappa shape index (κ2) is 8.63. The predicted octanol–water partition coefficient (Wildman–Crippen LogP) is 2.92. The Morgan fingerprint density at radius 1 is 1.00 bits per heavy atom. The molecule has 1 fully saturated rings. The van der Waals surface area contributed by atoms with E-state index in [4.69, 9.17) is 14.0 Å². The first-order valence-corrected chi connectivity index (χ1v) is 10.9. The molecule has 8 nitrogen and oxygen atoms in total. The number of carbonyl (C=O) groups excluding carboxylic acids is 1. The van der Waals surface area contributed by atoms with Gasteiger partial charge in [-0.3, -0.25) is 9.69 Å². The van der Waals surface area contributed by atoms with Crippen LogP contribution in [0.4, 0.5) is 0 Å². The van der Waals surface area contributed by atoms with E-state index in [0.717, 1.165) is 24.2 Å². The fraction of sp³-hybridized carbons (Fsp3) is 0.375. The average molecular weight is 434 g/mol. The lowest BCUT2D eigenvalue weighted by Gasteiger charge is -2.38. The Morgan fingerprint density at radius 3 is 2.44 bits per heavy atom. The van der Waals surface area contributed by atoms with E-state index < -0.39 is 6.10 Å². The summed E-state index contributed by atoms with van der Waals surface area (Å²) in [5.41, 5.74) is 2.08. The molecule has 2 aromatic carbocycles. The molecule has 1 amide bonds. The van der Waals surface area contributed by atoms with Crippen molar-refractivity contribution in [3.05, 3.63) is 60.0 Å². The number of piperazine rings is 1. The normalized spacial score (nSPS) is 20.9. The van der Waals surface area contributed by atoms with Crippen LogP contribution < -0.4 is 9.47 Å². The Hall–Kier alpha value is -3.39. The van der Waals surface area contributed by atoms with Crippen molar-refractivity contribution in [2.24, 2.45) is 0 Å². The van der Waals surface area contributed by atoms with Crippen LogP contribution >= 0.6 is 0 Å². The number of benzene rings is 2. The number of aromatic nitrogens is 2. The zero-order valence-electron chi connectivity index (χ0n) is 18.2. The second-order valence-electron chi connectivity index (χ2n) is 8.24. The number of ether oxygens (including phenoxy) is 2. The quantitative estimate of drug-likeness (QED) is 0.625. The summed E-state index contributed by atoms with van der Waals surface area (Å²) in [6, 6.07) is 15.4. The number of rotatable bonds is 4. The van der Waals surface area contributed by atoms with Gasteiger partial charge in [0.05, 0.1) is 6.54 Å². The lowest BCUT2D eigenvalue weighted by atomic mass is 10.1. The molecule has 5 rings (SSSR count). The molecular weight excluding hydrogens is 408 g/mol. The molecule has 3 heterocycles. The molecule has 166 valence electrons. The summed E-state index contributed by atoms with van der Waals surface area (Å²) in [6.07, 6.45) is -0.974. The molecule has 0 bridgehead atoms. The van der Waals surface area contributed by atoms with Crippen LogP contribution in [0.1, 0.15) is 18.4 Å². The van der Waals surface area contributed by atoms with E-state index in [0.29, 0.717) is 42.8 Å². The maximum Gasteiger partial charge on any atom is 0.267 e. The van der Waals surface area contributed by atoms with Gasteiger partial charge in [0.2, 0.25) is 17.8 Å². The number of carbonyl (C=O) groups is 1. The van der Waals surface area contributed by atoms with Crippen LogP contribution in [0.25, 0.3) is 11.4 Å². The van der Waals surface area contributed by atoms with E-state index in [2.05, 4.69) is 15.0 Å². The van der Waals surface area contributed by atoms with Gasteiger partial charge in [-0.25, -0.2) is 0 Å². The third-order valence-electron chi connectivity index (χ3n) is 5.98. The van der Waals surface area contributed by atoms with Gasteiger partial charge in [-0.2, -0.15) is 4.98 Å². The molecule has 2 aliphatic heterocycles. The Labute approximate surface area is 186 Å². The highest BCUT2D eigenvalue weighted by molar-refractivity contribution is 5.82. The molecule has 2 atom stereocenters. The van der Waals surface area contributed by atoms with Crippen molar-refractivity contribution in [3.8, 4) is 22.9 Å². The number of hydrogen-bond donors (Lipinski definition) is 0. The van der Waals surface area contributed by atoms with Gasteiger partial charge in [-0.05, 0) is 31.5 Å². The molecule has 8 heteroatoms. The summed E-state index contributed by atoms with van der Waals surface area (Å²) in [7, 11) is 0. The highest BCUT2D eigenvalue weighted by Gasteiger charge is 2.37. The summed E-state index contributed by atoms with van der Waals surface area (Å²) in [4.78, 5) is 21.7. The van der Waals surface area contributed by atoms with Crippen molar-refractivity contribution in [2.45, 2.75) is 32.6 Å². The van der Waals surface area contributed by atoms with Crippen molar-refractivity contribution in [3.63, 3.8) is 0 Å². The van der Waals surface area contributed by atoms with E-state index in [-0.39, 0.29) is 12.0 Å². The summed E-state index contributed by atoms with van der Waals surface area (Å²) in [6.45, 7) is 7.16. The highest BCUT2D eigenvalue weighted by atomic mass is 16.6. The predicted molar refractivity (Wildman–Crippen MR) is 117 cm³/mol. The molecule has 2 unspecified atom stereocenters. The number of fused-ring (bicyclic) bond motifs is 1. The minimum atomic E-state index is -0.635. The van der Waals surface area contributed by atoms with E-state index in [1.807, 2.05) is 67.3 Å². The maximum atomic E-state index is 13.1. The second-order valence-corrected chi connectivity index (χ2v) is 8.24. The maximum absolute atomic E-state index is 13.1. The number of amides is 1. The lowest BCUT2D eigenvalue weighted by Crippen LogP contribution is -2.55. The Kier molecular flexibility index (Phi) is 5.53. The standard InChI is InChI=1S/C24H26N4O4/c1-16-7-3-4-8-18(16)23-25-21(32-26-23)15-27-11-13-28(14-12-27)24(29)22-17(2)30-19-9-5-6-10-20(19)31-22/h3-10,17,22H,11-15H2,1-2H3. The molecule has 1 aromatic heterocycles. The molecule has 0 aliphatic carbocycles. The van der Waals surface area contributed by atoms with Crippen LogP contribution in [0, 0.1) is 6.92 Å². The van der Waals surface area contributed by atoms with Crippen LogP contribution in [0.3, 0.4) is 0 Å². The zero-order valence-corrected chi connectivity index (χ0v) is 18.2. The molecule has 0 spiro atoms. The van der Waals surface area contributed by atoms with Gasteiger partial charge in [0.25, 0.3) is 5.91 Å². The van der Waals surface area contributed by atoms with Crippen LogP contribution in [0.5, 0.6) is 11.5 Å². The third-order valence-corrected chi connectivity index (χ3v) is 5.98. The van der Waals surface area contributed by atoms with E-state index in [1.54, 1.807) is 0 Å². The minimum Gasteiger partial charge on any atom is -0.482 e. The van der Waals surface area contributed by atoms with Crippen LogP contribution in [0.2, 0.25) is 0 Å². The summed E-state index contributed by atoms with van der Waals surface area (Å²) >= 11 is 0. The van der Waals surface area contributed by atoms with Gasteiger partial charge in [0.1, 0.15) is 6.10 Å². The topological polar surface area (TPSA) is 80.9 Å². The Balaban J connectivity index is 1.17. The highest BCUT2D eigenvalue weighted by Crippen LogP contribution is 2.34. The number of para-hydroxylation sites is 2. The molecule has 32 heavy (non-hydrogen) atoms. The van der Waals surface area contributed by atoms with Crippen molar-refractivity contribution in [1.82, 2.24) is 19.9 Å². The van der Waals surface area contributed by atoms with E-state index >= 15 is 0 Å². The Bertz CT molecular complexity index is 1110. The summed E-state index contributed by atoms with van der Waals surface area (Å²) in [5, 5.41) is 4.14. The van der Waals surface area contributed by atoms with Crippen molar-refractivity contribution in [1.29, 1.82) is 0 Å². The van der Waals surface area contributed by atoms with Crippen molar-refractivity contribution < 1.29 is 18.8 Å². The SMILES string of the molecule is Cc1ccccc1-c1noc(CN2CCN(C(=O)C3Oc4ccccc4OC3C)CC2)n1. The van der Waals surface area contributed by atoms with Gasteiger partial charge in [-0.15, -0.1) is 0 Å². The first kappa shape index (κ1) is 20.5.